The fourth-order valence-corrected chi connectivity index (χ4v) is 1.18. The first kappa shape index (κ1) is 8.82. The number of nitrogens with zero attached hydrogens (tertiary/aromatic N) is 5. The molecule has 0 aliphatic rings. The molecule has 0 spiro atoms. The van der Waals surface area contributed by atoms with Gasteiger partial charge in [0.2, 0.25) is 0 Å². The number of likely N-dealkylation sites (N-methyl/N-ethyl adjacent to an activating group) is 1. The van der Waals surface area contributed by atoms with Crippen LogP contribution in [0.4, 0.5) is 5.82 Å². The third-order valence-electron chi connectivity index (χ3n) is 1.90. The number of rotatable bonds is 3. The maximum Gasteiger partial charge on any atom is 0.183 e. The summed E-state index contributed by atoms with van der Waals surface area (Å²) in [5.74, 6) is 0.366. The number of nitrogens with one attached hydrogen (secondary N) is 1. The van der Waals surface area contributed by atoms with Crippen molar-refractivity contribution in [1.82, 2.24) is 30.3 Å². The summed E-state index contributed by atoms with van der Waals surface area (Å²) >= 11 is 0. The Balaban J connectivity index is 2.42. The average molecular weight is 193 g/mol. The van der Waals surface area contributed by atoms with Crippen LogP contribution in [-0.2, 0) is 6.54 Å². The number of aromatic nitrogens is 5. The third-order valence-corrected chi connectivity index (χ3v) is 1.90. The van der Waals surface area contributed by atoms with Crippen molar-refractivity contribution in [3.8, 4) is 0 Å². The van der Waals surface area contributed by atoms with Crippen molar-refractivity contribution < 1.29 is 0 Å². The zero-order valence-corrected chi connectivity index (χ0v) is 7.80. The molecule has 2 rings (SSSR count). The van der Waals surface area contributed by atoms with E-state index in [2.05, 4.69) is 25.6 Å². The number of anilines is 1. The first-order valence-electron chi connectivity index (χ1n) is 4.27. The second kappa shape index (κ2) is 3.54. The van der Waals surface area contributed by atoms with Gasteiger partial charge < -0.3 is 11.1 Å². The molecule has 7 nitrogen and oxygen atoms in total. The minimum Gasteiger partial charge on any atom is -0.382 e. The van der Waals surface area contributed by atoms with Gasteiger partial charge in [0, 0.05) is 6.54 Å². The molecule has 2 heterocycles. The van der Waals surface area contributed by atoms with Gasteiger partial charge in [0.25, 0.3) is 0 Å². The van der Waals surface area contributed by atoms with Crippen molar-refractivity contribution in [2.75, 3.05) is 19.3 Å². The summed E-state index contributed by atoms with van der Waals surface area (Å²) in [6.07, 6.45) is 1.41. The second-order valence-corrected chi connectivity index (χ2v) is 2.85. The fourth-order valence-electron chi connectivity index (χ4n) is 1.18. The van der Waals surface area contributed by atoms with Crippen LogP contribution in [0.1, 0.15) is 0 Å². The van der Waals surface area contributed by atoms with Crippen molar-refractivity contribution in [2.45, 2.75) is 6.54 Å². The van der Waals surface area contributed by atoms with Gasteiger partial charge in [0.1, 0.15) is 6.33 Å². The maximum atomic E-state index is 5.62. The lowest BCUT2D eigenvalue weighted by Gasteiger charge is -1.99. The predicted octanol–water partition coefficient (Wildman–Crippen LogP) is -0.977. The Morgan fingerprint density at radius 1 is 1.50 bits per heavy atom. The van der Waals surface area contributed by atoms with Gasteiger partial charge >= 0.3 is 0 Å². The molecule has 0 aliphatic carbocycles. The Kier molecular flexibility index (Phi) is 2.23. The summed E-state index contributed by atoms with van der Waals surface area (Å²) in [7, 11) is 1.88. The minimum absolute atomic E-state index is 0.366. The highest BCUT2D eigenvalue weighted by molar-refractivity contribution is 5.80. The first-order valence-corrected chi connectivity index (χ1v) is 4.27. The van der Waals surface area contributed by atoms with Crippen LogP contribution in [0.2, 0.25) is 0 Å². The van der Waals surface area contributed by atoms with Gasteiger partial charge in [0.15, 0.2) is 17.0 Å². The van der Waals surface area contributed by atoms with Crippen molar-refractivity contribution in [3.05, 3.63) is 6.33 Å². The summed E-state index contributed by atoms with van der Waals surface area (Å²) in [5.41, 5.74) is 6.85. The largest absolute Gasteiger partial charge is 0.382 e. The summed E-state index contributed by atoms with van der Waals surface area (Å²) in [6, 6.07) is 0. The molecule has 0 atom stereocenters. The Hall–Kier alpha value is -1.76. The molecule has 14 heavy (non-hydrogen) atoms. The molecule has 0 amide bonds. The van der Waals surface area contributed by atoms with Crippen LogP contribution in [0.25, 0.3) is 11.2 Å². The normalized spacial score (nSPS) is 10.9. The number of nitrogens with two attached hydrogens (primary N) is 1. The molecule has 0 aliphatic heterocycles. The molecule has 3 N–H and O–H groups in total. The lowest BCUT2D eigenvalue weighted by atomic mass is 10.5. The Bertz CT molecular complexity index is 435. The molecule has 74 valence electrons. The Labute approximate surface area is 80.3 Å². The lowest BCUT2D eigenvalue weighted by molar-refractivity contribution is 0.576. The molecule has 0 radical (unpaired) electrons. The van der Waals surface area contributed by atoms with E-state index in [9.17, 15) is 0 Å². The molecule has 2 aromatic rings. The summed E-state index contributed by atoms with van der Waals surface area (Å²) in [6.45, 7) is 1.52. The van der Waals surface area contributed by atoms with Gasteiger partial charge in [-0.2, -0.15) is 0 Å². The van der Waals surface area contributed by atoms with E-state index in [0.717, 1.165) is 6.54 Å². The van der Waals surface area contributed by atoms with Crippen molar-refractivity contribution >= 4 is 17.0 Å². The molecule has 0 saturated heterocycles. The van der Waals surface area contributed by atoms with Crippen LogP contribution in [-0.4, -0.2) is 38.6 Å². The van der Waals surface area contributed by atoms with Crippen molar-refractivity contribution in [3.63, 3.8) is 0 Å². The van der Waals surface area contributed by atoms with Gasteiger partial charge in [-0.05, 0) is 7.05 Å². The number of nitrogen functional groups attached to an aromatic ring is 1. The number of fused-ring (bicyclic) bond motifs is 1. The first-order chi connectivity index (χ1) is 6.83. The molecule has 0 bridgehead atoms. The van der Waals surface area contributed by atoms with Crippen LogP contribution < -0.4 is 11.1 Å². The van der Waals surface area contributed by atoms with Crippen LogP contribution in [0.3, 0.4) is 0 Å². The molecule has 0 aromatic carbocycles. The molecule has 2 aromatic heterocycles. The average Bonchev–Trinajstić information content (AvgIpc) is 2.60. The van der Waals surface area contributed by atoms with Crippen LogP contribution in [0, 0.1) is 0 Å². The fraction of sp³-hybridized carbons (Fsp3) is 0.429. The van der Waals surface area contributed by atoms with Crippen molar-refractivity contribution in [1.29, 1.82) is 0 Å². The highest BCUT2D eigenvalue weighted by Gasteiger charge is 2.08. The van der Waals surface area contributed by atoms with Crippen LogP contribution in [0.5, 0.6) is 0 Å². The number of hydrogen-bond donors (Lipinski definition) is 2. The quantitative estimate of drug-likeness (QED) is 0.650. The smallest absolute Gasteiger partial charge is 0.183 e. The van der Waals surface area contributed by atoms with Crippen molar-refractivity contribution in [2.24, 2.45) is 0 Å². The number of hydrogen-bond acceptors (Lipinski definition) is 6. The van der Waals surface area contributed by atoms with Gasteiger partial charge in [-0.15, -0.1) is 5.10 Å². The summed E-state index contributed by atoms with van der Waals surface area (Å²) in [4.78, 5) is 7.91. The zero-order valence-electron chi connectivity index (χ0n) is 7.80. The Morgan fingerprint density at radius 3 is 3.14 bits per heavy atom. The maximum absolute atomic E-state index is 5.62. The van der Waals surface area contributed by atoms with E-state index >= 15 is 0 Å². The molecular formula is C7H11N7. The van der Waals surface area contributed by atoms with E-state index in [-0.39, 0.29) is 0 Å². The van der Waals surface area contributed by atoms with E-state index in [1.165, 1.54) is 6.33 Å². The highest BCUT2D eigenvalue weighted by Crippen LogP contribution is 2.11. The van der Waals surface area contributed by atoms with Crippen LogP contribution in [0.15, 0.2) is 6.33 Å². The van der Waals surface area contributed by atoms with Gasteiger partial charge in [-0.1, -0.05) is 5.21 Å². The van der Waals surface area contributed by atoms with E-state index in [0.29, 0.717) is 23.5 Å². The van der Waals surface area contributed by atoms with Crippen LogP contribution >= 0.6 is 0 Å². The second-order valence-electron chi connectivity index (χ2n) is 2.85. The third kappa shape index (κ3) is 1.37. The summed E-state index contributed by atoms with van der Waals surface area (Å²) < 4.78 is 1.70. The monoisotopic (exact) mass is 193 g/mol. The van der Waals surface area contributed by atoms with E-state index in [4.69, 9.17) is 5.73 Å². The highest BCUT2D eigenvalue weighted by atomic mass is 15.4. The zero-order chi connectivity index (χ0) is 9.97. The topological polar surface area (TPSA) is 94.5 Å². The van der Waals surface area contributed by atoms with E-state index in [1.54, 1.807) is 4.68 Å². The van der Waals surface area contributed by atoms with E-state index in [1.807, 2.05) is 7.05 Å². The van der Waals surface area contributed by atoms with E-state index < -0.39 is 0 Å². The standard InChI is InChI=1S/C7H11N7/c1-9-2-3-14-7-5(12-13-14)6(8)10-4-11-7/h4,9H,2-3H2,1H3,(H2,8,10,11). The van der Waals surface area contributed by atoms with Gasteiger partial charge in [-0.25, -0.2) is 14.6 Å². The SMILES string of the molecule is CNCCn1nnc2c(N)ncnc21. The predicted molar refractivity (Wildman–Crippen MR) is 51.5 cm³/mol. The molecule has 0 saturated carbocycles. The lowest BCUT2D eigenvalue weighted by Crippen LogP contribution is -2.16. The molecule has 0 fully saturated rings. The molecule has 0 unspecified atom stereocenters. The van der Waals surface area contributed by atoms with Gasteiger partial charge in [-0.3, -0.25) is 0 Å². The molecule has 7 heteroatoms. The molecular weight excluding hydrogens is 182 g/mol. The summed E-state index contributed by atoms with van der Waals surface area (Å²) in [5, 5.41) is 10.9. The minimum atomic E-state index is 0.366. The van der Waals surface area contributed by atoms with Gasteiger partial charge in [0.05, 0.1) is 6.54 Å². The Morgan fingerprint density at radius 2 is 2.36 bits per heavy atom.